The van der Waals surface area contributed by atoms with Crippen LogP contribution in [0.5, 0.6) is 0 Å². The highest BCUT2D eigenvalue weighted by Crippen LogP contribution is 2.20. The number of hydrogen-bond acceptors (Lipinski definition) is 5. The van der Waals surface area contributed by atoms with Gasteiger partial charge in [-0.15, -0.1) is 0 Å². The average Bonchev–Trinajstić information content (AvgIpc) is 2.83. The molecule has 2 aromatic carbocycles. The Kier molecular flexibility index (Phi) is 7.26. The number of carbonyl (C=O) groups excluding carboxylic acids is 2. The number of benzene rings is 2. The van der Waals surface area contributed by atoms with E-state index in [1.807, 2.05) is 44.2 Å². The fourth-order valence-electron chi connectivity index (χ4n) is 4.23. The smallest absolute Gasteiger partial charge is 0.331 e. The highest BCUT2D eigenvalue weighted by atomic mass is 16.5. The summed E-state index contributed by atoms with van der Waals surface area (Å²) in [5.74, 6) is -0.796. The Morgan fingerprint density at radius 2 is 1.60 bits per heavy atom. The summed E-state index contributed by atoms with van der Waals surface area (Å²) in [6.07, 6.45) is 1.24. The first kappa shape index (κ1) is 24.2. The number of hydrogen-bond donors (Lipinski definition) is 1. The number of nitrogens with one attached hydrogen (secondary N) is 1. The molecule has 0 aliphatic carbocycles. The van der Waals surface area contributed by atoms with E-state index in [0.29, 0.717) is 24.3 Å². The first-order chi connectivity index (χ1) is 16.8. The molecule has 4 rings (SSSR count). The van der Waals surface area contributed by atoms with Crippen LogP contribution < -0.4 is 16.6 Å². The zero-order valence-electron chi connectivity index (χ0n) is 19.7. The quantitative estimate of drug-likeness (QED) is 0.586. The van der Waals surface area contributed by atoms with Crippen LogP contribution in [0, 0.1) is 0 Å². The van der Waals surface area contributed by atoms with Crippen LogP contribution in [0.25, 0.3) is 0 Å². The van der Waals surface area contributed by atoms with E-state index in [0.717, 1.165) is 10.1 Å². The van der Waals surface area contributed by atoms with Gasteiger partial charge in [0.05, 0.1) is 30.0 Å². The Hall–Kier alpha value is -3.98. The molecule has 0 spiro atoms. The Bertz CT molecular complexity index is 1320. The molecule has 1 N–H and O–H groups in total. The summed E-state index contributed by atoms with van der Waals surface area (Å²) in [4.78, 5) is 53.0. The van der Waals surface area contributed by atoms with Crippen LogP contribution in [0.3, 0.4) is 0 Å². The van der Waals surface area contributed by atoms with Gasteiger partial charge in [0.25, 0.3) is 11.5 Å². The maximum absolute atomic E-state index is 13.2. The van der Waals surface area contributed by atoms with Crippen molar-refractivity contribution in [2.45, 2.75) is 39.1 Å². The molecule has 1 fully saturated rings. The van der Waals surface area contributed by atoms with Crippen LogP contribution in [0.15, 0.2) is 76.4 Å². The normalized spacial score (nSPS) is 17.7. The van der Waals surface area contributed by atoms with Crippen molar-refractivity contribution in [1.29, 1.82) is 0 Å². The number of para-hydroxylation sites is 1. The maximum Gasteiger partial charge on any atom is 0.331 e. The molecule has 2 amide bonds. The lowest BCUT2D eigenvalue weighted by Crippen LogP contribution is -2.48. The minimum atomic E-state index is -0.586. The van der Waals surface area contributed by atoms with Crippen molar-refractivity contribution >= 4 is 17.5 Å². The van der Waals surface area contributed by atoms with Gasteiger partial charge in [-0.3, -0.25) is 23.5 Å². The Labute approximate surface area is 202 Å². The van der Waals surface area contributed by atoms with E-state index in [4.69, 9.17) is 4.74 Å². The van der Waals surface area contributed by atoms with Gasteiger partial charge in [-0.25, -0.2) is 4.79 Å². The monoisotopic (exact) mass is 476 g/mol. The Morgan fingerprint density at radius 1 is 0.943 bits per heavy atom. The lowest BCUT2D eigenvalue weighted by atomic mass is 10.1. The third-order valence-corrected chi connectivity index (χ3v) is 5.78. The van der Waals surface area contributed by atoms with Crippen molar-refractivity contribution in [2.75, 3.05) is 18.4 Å². The molecule has 2 atom stereocenters. The SMILES string of the molecule is C[C@@H]1CN(C(=O)c2ccccc2NC(=O)Cn2c(=O)ccn(Cc3ccccc3)c2=O)C[C@@H](C)O1. The molecule has 3 aromatic rings. The molecule has 2 heterocycles. The summed E-state index contributed by atoms with van der Waals surface area (Å²) < 4.78 is 7.97. The first-order valence-electron chi connectivity index (χ1n) is 11.5. The van der Waals surface area contributed by atoms with E-state index >= 15 is 0 Å². The largest absolute Gasteiger partial charge is 0.372 e. The second-order valence-electron chi connectivity index (χ2n) is 8.70. The van der Waals surface area contributed by atoms with Gasteiger partial charge in [-0.2, -0.15) is 0 Å². The van der Waals surface area contributed by atoms with Crippen molar-refractivity contribution in [3.63, 3.8) is 0 Å². The topological polar surface area (TPSA) is 103 Å². The van der Waals surface area contributed by atoms with Crippen molar-refractivity contribution in [3.05, 3.63) is 98.8 Å². The lowest BCUT2D eigenvalue weighted by molar-refractivity contribution is -0.116. The Morgan fingerprint density at radius 3 is 2.31 bits per heavy atom. The molecule has 35 heavy (non-hydrogen) atoms. The average molecular weight is 477 g/mol. The van der Waals surface area contributed by atoms with Crippen LogP contribution in [0.1, 0.15) is 29.8 Å². The van der Waals surface area contributed by atoms with E-state index in [2.05, 4.69) is 5.32 Å². The molecule has 9 nitrogen and oxygen atoms in total. The van der Waals surface area contributed by atoms with Gasteiger partial charge in [0, 0.05) is 25.4 Å². The summed E-state index contributed by atoms with van der Waals surface area (Å²) in [6.45, 7) is 4.52. The van der Waals surface area contributed by atoms with Gasteiger partial charge in [-0.1, -0.05) is 42.5 Å². The highest BCUT2D eigenvalue weighted by molar-refractivity contribution is 6.03. The molecule has 0 bridgehead atoms. The second kappa shape index (κ2) is 10.5. The number of amides is 2. The second-order valence-corrected chi connectivity index (χ2v) is 8.70. The molecular formula is C26H28N4O5. The molecule has 1 aliphatic heterocycles. The van der Waals surface area contributed by atoms with Gasteiger partial charge < -0.3 is 15.0 Å². The molecular weight excluding hydrogens is 448 g/mol. The number of nitrogens with zero attached hydrogens (tertiary/aromatic N) is 3. The number of rotatable bonds is 6. The van der Waals surface area contributed by atoms with E-state index in [1.54, 1.807) is 29.2 Å². The number of carbonyl (C=O) groups is 2. The van der Waals surface area contributed by atoms with Gasteiger partial charge >= 0.3 is 5.69 Å². The number of ether oxygens (including phenoxy) is 1. The number of morpholine rings is 1. The predicted molar refractivity (Wildman–Crippen MR) is 131 cm³/mol. The number of anilines is 1. The van der Waals surface area contributed by atoms with Crippen molar-refractivity contribution in [3.8, 4) is 0 Å². The summed E-state index contributed by atoms with van der Waals surface area (Å²) in [7, 11) is 0. The van der Waals surface area contributed by atoms with Crippen LogP contribution in [0.4, 0.5) is 5.69 Å². The summed E-state index contributed by atoms with van der Waals surface area (Å²) in [6, 6.07) is 17.3. The van der Waals surface area contributed by atoms with Crippen molar-refractivity contribution < 1.29 is 14.3 Å². The molecule has 0 radical (unpaired) electrons. The molecule has 9 heteroatoms. The first-order valence-corrected chi connectivity index (χ1v) is 11.5. The van der Waals surface area contributed by atoms with Crippen LogP contribution in [-0.4, -0.2) is 51.1 Å². The molecule has 1 saturated heterocycles. The maximum atomic E-state index is 13.2. The fraction of sp³-hybridized carbons (Fsp3) is 0.308. The zero-order chi connectivity index (χ0) is 24.9. The van der Waals surface area contributed by atoms with Gasteiger partial charge in [0.15, 0.2) is 0 Å². The summed E-state index contributed by atoms with van der Waals surface area (Å²) in [5, 5.41) is 2.70. The van der Waals surface area contributed by atoms with Crippen molar-refractivity contribution in [2.24, 2.45) is 0 Å². The molecule has 1 aromatic heterocycles. The standard InChI is InChI=1S/C26H28N4O5/c1-18-14-29(15-19(2)35-18)25(33)21-10-6-7-11-22(21)27-23(31)17-30-24(32)12-13-28(26(30)34)16-20-8-4-3-5-9-20/h3-13,18-19H,14-17H2,1-2H3,(H,27,31)/t18-,19-/m1/s1. The van der Waals surface area contributed by atoms with Crippen LogP contribution in [0.2, 0.25) is 0 Å². The summed E-state index contributed by atoms with van der Waals surface area (Å²) >= 11 is 0. The Balaban J connectivity index is 1.52. The molecule has 0 saturated carbocycles. The van der Waals surface area contributed by atoms with E-state index in [9.17, 15) is 19.2 Å². The van der Waals surface area contributed by atoms with Crippen LogP contribution >= 0.6 is 0 Å². The van der Waals surface area contributed by atoms with E-state index < -0.39 is 23.7 Å². The molecule has 0 unspecified atom stereocenters. The fourth-order valence-corrected chi connectivity index (χ4v) is 4.23. The molecule has 1 aliphatic rings. The van der Waals surface area contributed by atoms with E-state index in [1.165, 1.54) is 16.8 Å². The van der Waals surface area contributed by atoms with Gasteiger partial charge in [0.1, 0.15) is 6.54 Å². The molecule has 182 valence electrons. The highest BCUT2D eigenvalue weighted by Gasteiger charge is 2.28. The predicted octanol–water partition coefficient (Wildman–Crippen LogP) is 1.95. The zero-order valence-corrected chi connectivity index (χ0v) is 19.7. The van der Waals surface area contributed by atoms with Gasteiger partial charge in [-0.05, 0) is 31.5 Å². The third kappa shape index (κ3) is 5.75. The summed E-state index contributed by atoms with van der Waals surface area (Å²) in [5.41, 5.74) is 0.391. The van der Waals surface area contributed by atoms with Gasteiger partial charge in [0.2, 0.25) is 5.91 Å². The third-order valence-electron chi connectivity index (χ3n) is 5.78. The number of aromatic nitrogens is 2. The minimum Gasteiger partial charge on any atom is -0.372 e. The van der Waals surface area contributed by atoms with E-state index in [-0.39, 0.29) is 24.7 Å². The van der Waals surface area contributed by atoms with Crippen LogP contribution in [-0.2, 0) is 22.6 Å². The minimum absolute atomic E-state index is 0.0903. The lowest BCUT2D eigenvalue weighted by Gasteiger charge is -2.35. The van der Waals surface area contributed by atoms with Crippen molar-refractivity contribution in [1.82, 2.24) is 14.0 Å².